The molecule has 14 heavy (non-hydrogen) atoms. The second-order valence-corrected chi connectivity index (χ2v) is 3.03. The van der Waals surface area contributed by atoms with Crippen LogP contribution < -0.4 is 5.73 Å². The molecule has 76 valence electrons. The minimum Gasteiger partial charge on any atom is -0.390 e. The number of aromatic nitrogens is 1. The molecule has 1 heterocycles. The summed E-state index contributed by atoms with van der Waals surface area (Å²) in [5, 5.41) is 18.5. The van der Waals surface area contributed by atoms with E-state index < -0.39 is 18.1 Å². The van der Waals surface area contributed by atoms with Crippen molar-refractivity contribution in [3.05, 3.63) is 29.6 Å². The molecule has 0 saturated carbocycles. The lowest BCUT2D eigenvalue weighted by Gasteiger charge is -2.13. The van der Waals surface area contributed by atoms with Gasteiger partial charge >= 0.3 is 0 Å². The lowest BCUT2D eigenvalue weighted by molar-refractivity contribution is 0.0303. The number of pyridine rings is 1. The van der Waals surface area contributed by atoms with Crippen LogP contribution in [-0.4, -0.2) is 27.2 Å². The van der Waals surface area contributed by atoms with Gasteiger partial charge in [-0.15, -0.1) is 0 Å². The van der Waals surface area contributed by atoms with Crippen LogP contribution in [0.2, 0.25) is 0 Å². The summed E-state index contributed by atoms with van der Waals surface area (Å²) in [5.74, 6) is -0.622. The fourth-order valence-electron chi connectivity index (χ4n) is 1.00. The second-order valence-electron chi connectivity index (χ2n) is 3.03. The van der Waals surface area contributed by atoms with E-state index in [4.69, 9.17) is 10.8 Å². The fourth-order valence-corrected chi connectivity index (χ4v) is 1.00. The molecular weight excluding hydrogens is 184 g/mol. The minimum absolute atomic E-state index is 0.131. The number of primary amides is 1. The van der Waals surface area contributed by atoms with Crippen LogP contribution in [0.5, 0.6) is 0 Å². The SMILES string of the molecule is CC(O)[C@H](O)c1ccc(C(N)=O)nc1. The van der Waals surface area contributed by atoms with E-state index in [1.54, 1.807) is 0 Å². The van der Waals surface area contributed by atoms with Gasteiger partial charge in [0.25, 0.3) is 5.91 Å². The molecule has 5 nitrogen and oxygen atoms in total. The van der Waals surface area contributed by atoms with Crippen molar-refractivity contribution in [2.24, 2.45) is 5.73 Å². The normalized spacial score (nSPS) is 14.8. The molecule has 5 heteroatoms. The van der Waals surface area contributed by atoms with Gasteiger partial charge in [-0.2, -0.15) is 0 Å². The van der Waals surface area contributed by atoms with Gasteiger partial charge in [0, 0.05) is 11.8 Å². The number of hydrogen-bond donors (Lipinski definition) is 3. The molecule has 1 rings (SSSR count). The Bertz CT molecular complexity index is 321. The second kappa shape index (κ2) is 4.17. The Balaban J connectivity index is 2.88. The molecule has 1 aromatic heterocycles. The van der Waals surface area contributed by atoms with E-state index in [2.05, 4.69) is 4.98 Å². The highest BCUT2D eigenvalue weighted by Gasteiger charge is 2.14. The number of rotatable bonds is 3. The van der Waals surface area contributed by atoms with Crippen molar-refractivity contribution in [2.45, 2.75) is 19.1 Å². The number of hydrogen-bond acceptors (Lipinski definition) is 4. The molecule has 0 aliphatic rings. The van der Waals surface area contributed by atoms with Crippen molar-refractivity contribution < 1.29 is 15.0 Å². The Morgan fingerprint density at radius 2 is 2.14 bits per heavy atom. The molecule has 0 aromatic carbocycles. The number of amides is 1. The molecule has 0 bridgehead atoms. The lowest BCUT2D eigenvalue weighted by atomic mass is 10.1. The van der Waals surface area contributed by atoms with E-state index in [9.17, 15) is 9.90 Å². The van der Waals surface area contributed by atoms with Gasteiger partial charge in [0.05, 0.1) is 6.10 Å². The molecule has 0 fully saturated rings. The Morgan fingerprint density at radius 3 is 2.50 bits per heavy atom. The highest BCUT2D eigenvalue weighted by atomic mass is 16.3. The van der Waals surface area contributed by atoms with Gasteiger partial charge in [-0.1, -0.05) is 6.07 Å². The average molecular weight is 196 g/mol. The standard InChI is InChI=1S/C9H12N2O3/c1-5(12)8(13)6-2-3-7(9(10)14)11-4-6/h2-5,8,12-13H,1H3,(H2,10,14)/t5?,8-/m0/s1. The third-order valence-corrected chi connectivity index (χ3v) is 1.84. The number of nitrogens with two attached hydrogens (primary N) is 1. The first-order valence-electron chi connectivity index (χ1n) is 4.14. The zero-order chi connectivity index (χ0) is 10.7. The van der Waals surface area contributed by atoms with Gasteiger partial charge in [0.15, 0.2) is 0 Å². The molecule has 0 spiro atoms. The van der Waals surface area contributed by atoms with E-state index in [1.165, 1.54) is 25.3 Å². The summed E-state index contributed by atoms with van der Waals surface area (Å²) in [7, 11) is 0. The highest BCUT2D eigenvalue weighted by molar-refractivity contribution is 5.90. The van der Waals surface area contributed by atoms with Crippen molar-refractivity contribution >= 4 is 5.91 Å². The van der Waals surface area contributed by atoms with Gasteiger partial charge in [0.2, 0.25) is 0 Å². The van der Waals surface area contributed by atoms with Crippen molar-refractivity contribution in [1.82, 2.24) is 4.98 Å². The summed E-state index contributed by atoms with van der Waals surface area (Å²) < 4.78 is 0. The molecule has 1 unspecified atom stereocenters. The van der Waals surface area contributed by atoms with Gasteiger partial charge in [-0.05, 0) is 13.0 Å². The first-order valence-corrected chi connectivity index (χ1v) is 4.14. The minimum atomic E-state index is -0.996. The topological polar surface area (TPSA) is 96.4 Å². The van der Waals surface area contributed by atoms with E-state index in [1.807, 2.05) is 0 Å². The van der Waals surface area contributed by atoms with Gasteiger partial charge in [0.1, 0.15) is 11.8 Å². The third kappa shape index (κ3) is 2.27. The Morgan fingerprint density at radius 1 is 1.50 bits per heavy atom. The largest absolute Gasteiger partial charge is 0.390 e. The number of aliphatic hydroxyl groups excluding tert-OH is 2. The Hall–Kier alpha value is -1.46. The smallest absolute Gasteiger partial charge is 0.267 e. The zero-order valence-corrected chi connectivity index (χ0v) is 7.71. The van der Waals surface area contributed by atoms with E-state index in [0.29, 0.717) is 5.56 Å². The van der Waals surface area contributed by atoms with Crippen LogP contribution in [0.3, 0.4) is 0 Å². The van der Waals surface area contributed by atoms with E-state index >= 15 is 0 Å². The molecule has 0 radical (unpaired) electrons. The molecule has 0 aliphatic heterocycles. The van der Waals surface area contributed by atoms with Crippen molar-refractivity contribution in [1.29, 1.82) is 0 Å². The maximum Gasteiger partial charge on any atom is 0.267 e. The Kier molecular flexibility index (Phi) is 3.16. The quantitative estimate of drug-likeness (QED) is 0.612. The third-order valence-electron chi connectivity index (χ3n) is 1.84. The highest BCUT2D eigenvalue weighted by Crippen LogP contribution is 2.15. The average Bonchev–Trinajstić information content (AvgIpc) is 2.16. The molecule has 0 aliphatic carbocycles. The van der Waals surface area contributed by atoms with Crippen molar-refractivity contribution in [3.63, 3.8) is 0 Å². The number of nitrogens with zero attached hydrogens (tertiary/aromatic N) is 1. The zero-order valence-electron chi connectivity index (χ0n) is 7.71. The van der Waals surface area contributed by atoms with Crippen LogP contribution in [0.4, 0.5) is 0 Å². The van der Waals surface area contributed by atoms with Crippen LogP contribution in [-0.2, 0) is 0 Å². The molecule has 1 amide bonds. The van der Waals surface area contributed by atoms with Crippen LogP contribution >= 0.6 is 0 Å². The number of carbonyl (C=O) groups excluding carboxylic acids is 1. The monoisotopic (exact) mass is 196 g/mol. The van der Waals surface area contributed by atoms with Crippen LogP contribution in [0.25, 0.3) is 0 Å². The summed E-state index contributed by atoms with van der Waals surface area (Å²) in [4.78, 5) is 14.4. The molecule has 1 aromatic rings. The maximum absolute atomic E-state index is 10.7. The summed E-state index contributed by atoms with van der Waals surface area (Å²) in [6.45, 7) is 1.46. The van der Waals surface area contributed by atoms with Crippen molar-refractivity contribution in [3.8, 4) is 0 Å². The summed E-state index contributed by atoms with van der Waals surface area (Å²) >= 11 is 0. The predicted molar refractivity (Wildman–Crippen MR) is 49.4 cm³/mol. The summed E-state index contributed by atoms with van der Waals surface area (Å²) in [6, 6.07) is 2.91. The Labute approximate surface area is 81.2 Å². The van der Waals surface area contributed by atoms with Gasteiger partial charge < -0.3 is 15.9 Å². The maximum atomic E-state index is 10.7. The molecule has 0 saturated heterocycles. The predicted octanol–water partition coefficient (Wildman–Crippen LogP) is -0.405. The lowest BCUT2D eigenvalue weighted by Crippen LogP contribution is -2.16. The van der Waals surface area contributed by atoms with Crippen molar-refractivity contribution in [2.75, 3.05) is 0 Å². The van der Waals surface area contributed by atoms with Crippen LogP contribution in [0.1, 0.15) is 29.1 Å². The fraction of sp³-hybridized carbons (Fsp3) is 0.333. The summed E-state index contributed by atoms with van der Waals surface area (Å²) in [5.41, 5.74) is 5.57. The number of carbonyl (C=O) groups is 1. The molecule has 4 N–H and O–H groups in total. The van der Waals surface area contributed by atoms with Gasteiger partial charge in [-0.25, -0.2) is 0 Å². The molecule has 2 atom stereocenters. The van der Waals surface area contributed by atoms with Gasteiger partial charge in [-0.3, -0.25) is 9.78 Å². The first kappa shape index (κ1) is 10.6. The number of aliphatic hydroxyl groups is 2. The van der Waals surface area contributed by atoms with E-state index in [-0.39, 0.29) is 5.69 Å². The molecular formula is C9H12N2O3. The van der Waals surface area contributed by atoms with E-state index in [0.717, 1.165) is 0 Å². The first-order chi connectivity index (χ1) is 6.52. The van der Waals surface area contributed by atoms with Crippen LogP contribution in [0.15, 0.2) is 18.3 Å². The summed E-state index contributed by atoms with van der Waals surface area (Å²) in [6.07, 6.45) is -0.557. The van der Waals surface area contributed by atoms with Crippen LogP contribution in [0, 0.1) is 0 Å².